The van der Waals surface area contributed by atoms with Gasteiger partial charge in [0.2, 0.25) is 0 Å². The van der Waals surface area contributed by atoms with Crippen molar-refractivity contribution in [2.24, 2.45) is 0 Å². The molecule has 0 N–H and O–H groups in total. The summed E-state index contributed by atoms with van der Waals surface area (Å²) in [5.41, 5.74) is 0.436. The molecule has 0 saturated heterocycles. The first-order valence-corrected chi connectivity index (χ1v) is 6.66. The SMILES string of the molecule is O=COC(=O)c1cccc(C(=O)OC2CCCCC2)c1. The zero-order chi connectivity index (χ0) is 14.4. The van der Waals surface area contributed by atoms with Crippen LogP contribution in [0.25, 0.3) is 0 Å². The summed E-state index contributed by atoms with van der Waals surface area (Å²) in [4.78, 5) is 33.5. The van der Waals surface area contributed by atoms with E-state index in [0.29, 0.717) is 0 Å². The van der Waals surface area contributed by atoms with Gasteiger partial charge < -0.3 is 9.47 Å². The maximum Gasteiger partial charge on any atom is 0.345 e. The molecule has 0 atom stereocenters. The molecule has 106 valence electrons. The van der Waals surface area contributed by atoms with E-state index < -0.39 is 11.9 Å². The van der Waals surface area contributed by atoms with Gasteiger partial charge in [0.1, 0.15) is 6.10 Å². The highest BCUT2D eigenvalue weighted by Crippen LogP contribution is 2.21. The molecule has 1 aliphatic carbocycles. The summed E-state index contributed by atoms with van der Waals surface area (Å²) in [6, 6.07) is 5.97. The predicted molar refractivity (Wildman–Crippen MR) is 70.2 cm³/mol. The average Bonchev–Trinajstić information content (AvgIpc) is 2.48. The Bertz CT molecular complexity index is 503. The summed E-state index contributed by atoms with van der Waals surface area (Å²) in [5.74, 6) is -1.23. The van der Waals surface area contributed by atoms with Crippen LogP contribution in [0.15, 0.2) is 24.3 Å². The molecule has 0 bridgehead atoms. The molecule has 2 rings (SSSR count). The second-order valence-corrected chi connectivity index (χ2v) is 4.75. The zero-order valence-electron chi connectivity index (χ0n) is 11.0. The van der Waals surface area contributed by atoms with Crippen molar-refractivity contribution in [2.75, 3.05) is 0 Å². The lowest BCUT2D eigenvalue weighted by Gasteiger charge is -2.21. The van der Waals surface area contributed by atoms with Crippen molar-refractivity contribution in [3.63, 3.8) is 0 Å². The van der Waals surface area contributed by atoms with Crippen molar-refractivity contribution in [2.45, 2.75) is 38.2 Å². The third-order valence-corrected chi connectivity index (χ3v) is 3.32. The van der Waals surface area contributed by atoms with Gasteiger partial charge in [0.05, 0.1) is 11.1 Å². The lowest BCUT2D eigenvalue weighted by molar-refractivity contribution is -0.123. The lowest BCUT2D eigenvalue weighted by atomic mass is 9.98. The van der Waals surface area contributed by atoms with E-state index in [4.69, 9.17) is 4.74 Å². The van der Waals surface area contributed by atoms with E-state index in [0.717, 1.165) is 25.7 Å². The van der Waals surface area contributed by atoms with Gasteiger partial charge in [0, 0.05) is 0 Å². The van der Waals surface area contributed by atoms with Crippen LogP contribution in [0, 0.1) is 0 Å². The van der Waals surface area contributed by atoms with Crippen molar-refractivity contribution >= 4 is 18.4 Å². The number of hydrogen-bond acceptors (Lipinski definition) is 5. The van der Waals surface area contributed by atoms with E-state index in [9.17, 15) is 14.4 Å². The zero-order valence-corrected chi connectivity index (χ0v) is 11.0. The molecule has 1 aromatic carbocycles. The van der Waals surface area contributed by atoms with Gasteiger partial charge in [-0.3, -0.25) is 4.79 Å². The highest BCUT2D eigenvalue weighted by molar-refractivity contribution is 5.97. The normalized spacial score (nSPS) is 15.4. The van der Waals surface area contributed by atoms with E-state index in [1.54, 1.807) is 12.1 Å². The highest BCUT2D eigenvalue weighted by Gasteiger charge is 2.19. The maximum atomic E-state index is 12.0. The van der Waals surface area contributed by atoms with E-state index in [2.05, 4.69) is 4.74 Å². The predicted octanol–water partition coefficient (Wildman–Crippen LogP) is 2.49. The van der Waals surface area contributed by atoms with E-state index >= 15 is 0 Å². The summed E-state index contributed by atoms with van der Waals surface area (Å²) in [6.45, 7) is 0.0648. The molecule has 1 aromatic rings. The molecule has 0 unspecified atom stereocenters. The second kappa shape index (κ2) is 6.84. The third kappa shape index (κ3) is 3.66. The van der Waals surface area contributed by atoms with Crippen molar-refractivity contribution < 1.29 is 23.9 Å². The van der Waals surface area contributed by atoms with Crippen LogP contribution in [-0.4, -0.2) is 24.5 Å². The molecule has 0 amide bonds. The number of rotatable bonds is 4. The molecular weight excluding hydrogens is 260 g/mol. The summed E-state index contributed by atoms with van der Waals surface area (Å²) in [7, 11) is 0. The molecule has 0 heterocycles. The van der Waals surface area contributed by atoms with Gasteiger partial charge in [0.25, 0.3) is 0 Å². The summed E-state index contributed by atoms with van der Waals surface area (Å²) in [5, 5.41) is 0. The fourth-order valence-electron chi connectivity index (χ4n) is 2.29. The number of carbonyl (C=O) groups is 3. The number of ether oxygens (including phenoxy) is 2. The quantitative estimate of drug-likeness (QED) is 0.480. The summed E-state index contributed by atoms with van der Waals surface area (Å²) >= 11 is 0. The number of hydrogen-bond donors (Lipinski definition) is 0. The monoisotopic (exact) mass is 276 g/mol. The van der Waals surface area contributed by atoms with Crippen molar-refractivity contribution in [1.82, 2.24) is 0 Å². The van der Waals surface area contributed by atoms with Gasteiger partial charge >= 0.3 is 18.4 Å². The fraction of sp³-hybridized carbons (Fsp3) is 0.400. The van der Waals surface area contributed by atoms with Crippen molar-refractivity contribution in [1.29, 1.82) is 0 Å². The van der Waals surface area contributed by atoms with Gasteiger partial charge in [-0.15, -0.1) is 0 Å². The Morgan fingerprint density at radius 3 is 2.35 bits per heavy atom. The van der Waals surface area contributed by atoms with E-state index in [1.807, 2.05) is 0 Å². The summed E-state index contributed by atoms with van der Waals surface area (Å²) in [6.07, 6.45) is 5.06. The van der Waals surface area contributed by atoms with Crippen LogP contribution in [0.2, 0.25) is 0 Å². The first kappa shape index (κ1) is 14.2. The molecule has 0 aliphatic heterocycles. The van der Waals surface area contributed by atoms with Crippen LogP contribution in [0.5, 0.6) is 0 Å². The van der Waals surface area contributed by atoms with Crippen molar-refractivity contribution in [3.05, 3.63) is 35.4 Å². The van der Waals surface area contributed by atoms with Crippen molar-refractivity contribution in [3.8, 4) is 0 Å². The standard InChI is InChI=1S/C15H16O5/c16-10-19-14(17)11-5-4-6-12(9-11)15(18)20-13-7-2-1-3-8-13/h4-6,9-10,13H,1-3,7-8H2. The molecule has 5 nitrogen and oxygen atoms in total. The molecule has 1 fully saturated rings. The van der Waals surface area contributed by atoms with Gasteiger partial charge in [-0.1, -0.05) is 12.5 Å². The molecule has 1 saturated carbocycles. The molecule has 1 aliphatic rings. The number of esters is 2. The van der Waals surface area contributed by atoms with Crippen LogP contribution in [0.3, 0.4) is 0 Å². The average molecular weight is 276 g/mol. The van der Waals surface area contributed by atoms with E-state index in [-0.39, 0.29) is 23.7 Å². The molecular formula is C15H16O5. The molecule has 20 heavy (non-hydrogen) atoms. The van der Waals surface area contributed by atoms with E-state index in [1.165, 1.54) is 18.6 Å². The molecule has 0 spiro atoms. The Kier molecular flexibility index (Phi) is 4.87. The smallest absolute Gasteiger partial charge is 0.345 e. The molecule has 0 aromatic heterocycles. The minimum Gasteiger partial charge on any atom is -0.459 e. The van der Waals surface area contributed by atoms with Gasteiger partial charge in [-0.25, -0.2) is 9.59 Å². The molecule has 5 heteroatoms. The third-order valence-electron chi connectivity index (χ3n) is 3.32. The Hall–Kier alpha value is -2.17. The van der Waals surface area contributed by atoms with Crippen LogP contribution in [0.4, 0.5) is 0 Å². The topological polar surface area (TPSA) is 69.7 Å². The van der Waals surface area contributed by atoms with Crippen LogP contribution >= 0.6 is 0 Å². The number of benzene rings is 1. The Morgan fingerprint density at radius 2 is 1.70 bits per heavy atom. The van der Waals surface area contributed by atoms with Gasteiger partial charge in [-0.05, 0) is 43.9 Å². The fourth-order valence-corrected chi connectivity index (χ4v) is 2.29. The largest absolute Gasteiger partial charge is 0.459 e. The van der Waals surface area contributed by atoms with Gasteiger partial charge in [-0.2, -0.15) is 0 Å². The number of carbonyl (C=O) groups excluding carboxylic acids is 3. The first-order valence-electron chi connectivity index (χ1n) is 6.66. The Morgan fingerprint density at radius 1 is 1.05 bits per heavy atom. The Labute approximate surface area is 116 Å². The van der Waals surface area contributed by atoms with Crippen LogP contribution in [-0.2, 0) is 14.3 Å². The minimum atomic E-state index is -0.785. The minimum absolute atomic E-state index is 0.0400. The summed E-state index contributed by atoms with van der Waals surface area (Å²) < 4.78 is 9.65. The molecule has 0 radical (unpaired) electrons. The second-order valence-electron chi connectivity index (χ2n) is 4.75. The Balaban J connectivity index is 2.03. The van der Waals surface area contributed by atoms with Gasteiger partial charge in [0.15, 0.2) is 0 Å². The lowest BCUT2D eigenvalue weighted by Crippen LogP contribution is -2.21. The van der Waals surface area contributed by atoms with Crippen LogP contribution < -0.4 is 0 Å². The maximum absolute atomic E-state index is 12.0. The van der Waals surface area contributed by atoms with Crippen LogP contribution in [0.1, 0.15) is 52.8 Å². The first-order chi connectivity index (χ1) is 9.70. The highest BCUT2D eigenvalue weighted by atomic mass is 16.6.